The maximum atomic E-state index is 14.1. The third-order valence-electron chi connectivity index (χ3n) is 4.74. The van der Waals surface area contributed by atoms with E-state index < -0.39 is 17.2 Å². The number of nitrogen functional groups attached to an aromatic ring is 1. The first-order chi connectivity index (χ1) is 14.0. The van der Waals surface area contributed by atoms with Crippen molar-refractivity contribution in [1.29, 1.82) is 0 Å². The zero-order valence-electron chi connectivity index (χ0n) is 14.7. The van der Waals surface area contributed by atoms with Crippen LogP contribution in [0.4, 0.5) is 14.5 Å². The van der Waals surface area contributed by atoms with E-state index in [0.29, 0.717) is 38.8 Å². The van der Waals surface area contributed by atoms with Crippen molar-refractivity contribution in [3.8, 4) is 22.4 Å². The van der Waals surface area contributed by atoms with Crippen LogP contribution in [-0.4, -0.2) is 25.1 Å². The van der Waals surface area contributed by atoms with Crippen molar-refractivity contribution in [2.75, 3.05) is 5.73 Å². The second-order valence-electron chi connectivity index (χ2n) is 6.48. The molecule has 0 atom stereocenters. The quantitative estimate of drug-likeness (QED) is 0.428. The first-order valence-electron chi connectivity index (χ1n) is 8.58. The van der Waals surface area contributed by atoms with Gasteiger partial charge in [0.2, 0.25) is 0 Å². The molecule has 4 aromatic heterocycles. The van der Waals surface area contributed by atoms with Gasteiger partial charge in [0.15, 0.2) is 0 Å². The highest BCUT2D eigenvalue weighted by atomic mass is 19.1. The van der Waals surface area contributed by atoms with Crippen LogP contribution in [0.2, 0.25) is 0 Å². The highest BCUT2D eigenvalue weighted by Gasteiger charge is 2.18. The normalized spacial score (nSPS) is 11.4. The lowest BCUT2D eigenvalue weighted by Gasteiger charge is -2.11. The van der Waals surface area contributed by atoms with Crippen LogP contribution in [-0.2, 0) is 0 Å². The van der Waals surface area contributed by atoms with Crippen LogP contribution in [0.25, 0.3) is 44.3 Å². The molecule has 4 N–H and O–H groups in total. The molecule has 29 heavy (non-hydrogen) atoms. The molecule has 4 heterocycles. The van der Waals surface area contributed by atoms with Crippen molar-refractivity contribution >= 4 is 27.6 Å². The number of fused-ring (bicyclic) bond motifs is 2. The van der Waals surface area contributed by atoms with Crippen molar-refractivity contribution < 1.29 is 8.78 Å². The van der Waals surface area contributed by atoms with Crippen LogP contribution in [0.3, 0.4) is 0 Å². The Kier molecular flexibility index (Phi) is 3.63. The van der Waals surface area contributed by atoms with Gasteiger partial charge in [-0.1, -0.05) is 6.07 Å². The van der Waals surface area contributed by atoms with E-state index in [-0.39, 0.29) is 11.2 Å². The summed E-state index contributed by atoms with van der Waals surface area (Å²) in [6.07, 6.45) is 4.13. The third-order valence-corrected chi connectivity index (χ3v) is 4.74. The lowest BCUT2D eigenvalue weighted by molar-refractivity contribution is 0.622. The molecule has 142 valence electrons. The highest BCUT2D eigenvalue weighted by Crippen LogP contribution is 2.36. The highest BCUT2D eigenvalue weighted by molar-refractivity contribution is 6.06. The van der Waals surface area contributed by atoms with Gasteiger partial charge < -0.3 is 10.7 Å². The van der Waals surface area contributed by atoms with Gasteiger partial charge >= 0.3 is 0 Å². The monoisotopic (exact) mass is 390 g/mol. The average Bonchev–Trinajstić information content (AvgIpc) is 3.21. The summed E-state index contributed by atoms with van der Waals surface area (Å²) in [5.74, 6) is -0.919. The Morgan fingerprint density at radius 1 is 1.00 bits per heavy atom. The predicted molar refractivity (Wildman–Crippen MR) is 105 cm³/mol. The number of nitrogens with zero attached hydrogens (tertiary/aromatic N) is 3. The molecule has 5 rings (SSSR count). The van der Waals surface area contributed by atoms with Crippen LogP contribution in [0.1, 0.15) is 0 Å². The van der Waals surface area contributed by atoms with Gasteiger partial charge in [0.1, 0.15) is 22.8 Å². The van der Waals surface area contributed by atoms with Crippen LogP contribution >= 0.6 is 0 Å². The average molecular weight is 390 g/mol. The molecule has 0 saturated carbocycles. The van der Waals surface area contributed by atoms with Crippen molar-refractivity contribution in [2.45, 2.75) is 0 Å². The zero-order valence-corrected chi connectivity index (χ0v) is 14.7. The van der Waals surface area contributed by atoms with Gasteiger partial charge in [-0.3, -0.25) is 19.9 Å². The number of pyridine rings is 3. The Bertz CT molecular complexity index is 1460. The Hall–Kier alpha value is -4.14. The van der Waals surface area contributed by atoms with Gasteiger partial charge in [0, 0.05) is 22.7 Å². The van der Waals surface area contributed by atoms with Crippen LogP contribution in [0.5, 0.6) is 0 Å². The fourth-order valence-electron chi connectivity index (χ4n) is 3.37. The van der Waals surface area contributed by atoms with Gasteiger partial charge in [-0.15, -0.1) is 0 Å². The molecule has 9 heteroatoms. The Balaban J connectivity index is 1.80. The zero-order chi connectivity index (χ0) is 20.1. The minimum absolute atomic E-state index is 0.0354. The summed E-state index contributed by atoms with van der Waals surface area (Å²) in [6, 6.07) is 7.30. The molecular formula is C20H12F2N6O. The summed E-state index contributed by atoms with van der Waals surface area (Å²) >= 11 is 0. The molecule has 5 aromatic rings. The Labute approximate surface area is 161 Å². The summed E-state index contributed by atoms with van der Waals surface area (Å²) in [5.41, 5.74) is 8.62. The fourth-order valence-corrected chi connectivity index (χ4v) is 3.37. The summed E-state index contributed by atoms with van der Waals surface area (Å²) in [6.45, 7) is 0. The van der Waals surface area contributed by atoms with Gasteiger partial charge in [-0.2, -0.15) is 5.10 Å². The maximum Gasteiger partial charge on any atom is 0.272 e. The van der Waals surface area contributed by atoms with Gasteiger partial charge in [0.25, 0.3) is 5.56 Å². The standard InChI is InChI=1S/C20H12F2N6O/c21-10-1-4-14(24-7-10)9-5-15-19(25-6-9)16(17(23)20(29)27-15)11-2-3-13(22)18-12(11)8-26-28-18/h1-8H,23H2,(H,26,28)(H,27,29). The van der Waals surface area contributed by atoms with Crippen LogP contribution in [0.15, 0.2) is 53.7 Å². The Morgan fingerprint density at radius 2 is 1.86 bits per heavy atom. The van der Waals surface area contributed by atoms with E-state index in [1.807, 2.05) is 0 Å². The minimum atomic E-state index is -0.500. The fraction of sp³-hybridized carbons (Fsp3) is 0. The van der Waals surface area contributed by atoms with E-state index in [9.17, 15) is 13.6 Å². The lowest BCUT2D eigenvalue weighted by atomic mass is 9.98. The number of hydrogen-bond donors (Lipinski definition) is 3. The third kappa shape index (κ3) is 2.63. The summed E-state index contributed by atoms with van der Waals surface area (Å²) in [5, 5.41) is 6.98. The molecular weight excluding hydrogens is 378 g/mol. The summed E-state index contributed by atoms with van der Waals surface area (Å²) < 4.78 is 27.2. The number of nitrogens with one attached hydrogen (secondary N) is 2. The molecule has 0 radical (unpaired) electrons. The van der Waals surface area contributed by atoms with E-state index in [0.717, 1.165) is 6.20 Å². The lowest BCUT2D eigenvalue weighted by Crippen LogP contribution is -2.14. The van der Waals surface area contributed by atoms with Crippen molar-refractivity contribution in [2.24, 2.45) is 0 Å². The number of hydrogen-bond acceptors (Lipinski definition) is 5. The number of aromatic nitrogens is 5. The number of rotatable bonds is 2. The van der Waals surface area contributed by atoms with Crippen molar-refractivity contribution in [1.82, 2.24) is 25.1 Å². The molecule has 0 unspecified atom stereocenters. The molecule has 7 nitrogen and oxygen atoms in total. The SMILES string of the molecule is Nc1c(-c2ccc(F)c3[nH]ncc23)c2ncc(-c3ccc(F)cn3)cc2[nH]c1=O. The van der Waals surface area contributed by atoms with E-state index in [2.05, 4.69) is 25.1 Å². The first kappa shape index (κ1) is 17.0. The molecule has 0 aliphatic rings. The molecule has 0 amide bonds. The molecule has 0 spiro atoms. The number of benzene rings is 1. The molecule has 0 aliphatic heterocycles. The van der Waals surface area contributed by atoms with Gasteiger partial charge in [0.05, 0.1) is 29.1 Å². The Morgan fingerprint density at radius 3 is 2.66 bits per heavy atom. The largest absolute Gasteiger partial charge is 0.394 e. The van der Waals surface area contributed by atoms with Gasteiger partial charge in [-0.25, -0.2) is 8.78 Å². The number of anilines is 1. The smallest absolute Gasteiger partial charge is 0.272 e. The molecule has 0 bridgehead atoms. The van der Waals surface area contributed by atoms with Gasteiger partial charge in [-0.05, 0) is 29.8 Å². The molecule has 0 fully saturated rings. The minimum Gasteiger partial charge on any atom is -0.394 e. The summed E-state index contributed by atoms with van der Waals surface area (Å²) in [7, 11) is 0. The number of H-pyrrole nitrogens is 2. The van der Waals surface area contributed by atoms with Crippen LogP contribution < -0.4 is 11.3 Å². The number of nitrogens with two attached hydrogens (primary N) is 1. The van der Waals surface area contributed by atoms with E-state index >= 15 is 0 Å². The number of aromatic amines is 2. The maximum absolute atomic E-state index is 14.1. The topological polar surface area (TPSA) is 113 Å². The second-order valence-corrected chi connectivity index (χ2v) is 6.48. The van der Waals surface area contributed by atoms with Crippen molar-refractivity contribution in [3.05, 3.63) is 70.9 Å². The number of halogens is 2. The van der Waals surface area contributed by atoms with E-state index in [4.69, 9.17) is 5.73 Å². The molecule has 0 aliphatic carbocycles. The van der Waals surface area contributed by atoms with E-state index in [1.165, 1.54) is 30.5 Å². The van der Waals surface area contributed by atoms with E-state index in [1.54, 1.807) is 12.3 Å². The van der Waals surface area contributed by atoms with Crippen molar-refractivity contribution in [3.63, 3.8) is 0 Å². The second kappa shape index (κ2) is 6.20. The van der Waals surface area contributed by atoms with Crippen LogP contribution in [0, 0.1) is 11.6 Å². The molecule has 0 saturated heterocycles. The predicted octanol–water partition coefficient (Wildman–Crippen LogP) is 3.39. The molecule has 1 aromatic carbocycles. The summed E-state index contributed by atoms with van der Waals surface area (Å²) in [4.78, 5) is 23.7. The first-order valence-corrected chi connectivity index (χ1v) is 8.58.